The Hall–Kier alpha value is -2.44. The second-order valence-electron chi connectivity index (χ2n) is 4.47. The first-order chi connectivity index (χ1) is 9.91. The normalized spacial score (nSPS) is 13.5. The number of nitrogens with two attached hydrogens (primary N) is 1. The van der Waals surface area contributed by atoms with Crippen molar-refractivity contribution in [2.75, 3.05) is 6.54 Å². The summed E-state index contributed by atoms with van der Waals surface area (Å²) < 4.78 is 13.5. The molecule has 0 heterocycles. The third-order valence-corrected chi connectivity index (χ3v) is 2.70. The van der Waals surface area contributed by atoms with E-state index < -0.39 is 17.8 Å². The predicted molar refractivity (Wildman–Crippen MR) is 78.5 cm³/mol. The van der Waals surface area contributed by atoms with Crippen LogP contribution in [0.5, 0.6) is 5.75 Å². The number of amidine groups is 1. The first-order valence-corrected chi connectivity index (χ1v) is 6.41. The molecule has 7 heteroatoms. The standard InChI is InChI=1S/C14H18FN3O3/c1-9(16)17-7-3-5-12(14(20)21)18-8-10-11(15)4-2-6-13(10)19/h2,4,6,8,12,19H,3,5,7H2,1H3,(H2,16,17)(H,20,21). The fourth-order valence-electron chi connectivity index (χ4n) is 1.62. The number of aliphatic carboxylic acids is 1. The molecule has 0 saturated carbocycles. The summed E-state index contributed by atoms with van der Waals surface area (Å²) in [6.07, 6.45) is 1.78. The maximum absolute atomic E-state index is 13.5. The van der Waals surface area contributed by atoms with Gasteiger partial charge in [-0.3, -0.25) is 9.98 Å². The van der Waals surface area contributed by atoms with Gasteiger partial charge in [0, 0.05) is 12.8 Å². The SMILES string of the molecule is CC(N)=NCCCC(N=Cc1c(O)cccc1F)C(=O)O. The number of carboxylic acids is 1. The van der Waals surface area contributed by atoms with Crippen LogP contribution in [0.2, 0.25) is 0 Å². The van der Waals surface area contributed by atoms with Crippen molar-refractivity contribution in [3.63, 3.8) is 0 Å². The highest BCUT2D eigenvalue weighted by Crippen LogP contribution is 2.18. The van der Waals surface area contributed by atoms with Crippen molar-refractivity contribution < 1.29 is 19.4 Å². The molecular formula is C14H18FN3O3. The molecule has 1 unspecified atom stereocenters. The molecule has 1 aromatic carbocycles. The van der Waals surface area contributed by atoms with E-state index in [1.807, 2.05) is 0 Å². The number of hydrogen-bond acceptors (Lipinski definition) is 4. The fraction of sp³-hybridized carbons (Fsp3) is 0.357. The smallest absolute Gasteiger partial charge is 0.328 e. The Labute approximate surface area is 121 Å². The van der Waals surface area contributed by atoms with Crippen molar-refractivity contribution in [2.24, 2.45) is 15.7 Å². The van der Waals surface area contributed by atoms with Crippen molar-refractivity contribution >= 4 is 18.0 Å². The van der Waals surface area contributed by atoms with Crippen LogP contribution in [0.3, 0.4) is 0 Å². The van der Waals surface area contributed by atoms with Gasteiger partial charge in [0.15, 0.2) is 0 Å². The molecule has 6 nitrogen and oxygen atoms in total. The molecule has 21 heavy (non-hydrogen) atoms. The highest BCUT2D eigenvalue weighted by molar-refractivity contribution is 5.86. The van der Waals surface area contributed by atoms with Gasteiger partial charge in [-0.25, -0.2) is 9.18 Å². The summed E-state index contributed by atoms with van der Waals surface area (Å²) in [5.41, 5.74) is 5.25. The maximum Gasteiger partial charge on any atom is 0.328 e. The van der Waals surface area contributed by atoms with Crippen LogP contribution in [-0.2, 0) is 4.79 Å². The number of rotatable bonds is 7. The monoisotopic (exact) mass is 295 g/mol. The van der Waals surface area contributed by atoms with E-state index >= 15 is 0 Å². The zero-order valence-corrected chi connectivity index (χ0v) is 11.7. The lowest BCUT2D eigenvalue weighted by molar-refractivity contribution is -0.138. The van der Waals surface area contributed by atoms with Gasteiger partial charge in [0.2, 0.25) is 0 Å². The Morgan fingerprint density at radius 1 is 1.52 bits per heavy atom. The molecule has 0 fully saturated rings. The molecule has 114 valence electrons. The summed E-state index contributed by atoms with van der Waals surface area (Å²) in [7, 11) is 0. The van der Waals surface area contributed by atoms with Crippen molar-refractivity contribution in [1.29, 1.82) is 0 Å². The second-order valence-corrected chi connectivity index (χ2v) is 4.47. The van der Waals surface area contributed by atoms with Crippen LogP contribution >= 0.6 is 0 Å². The third-order valence-electron chi connectivity index (χ3n) is 2.70. The van der Waals surface area contributed by atoms with Gasteiger partial charge in [-0.15, -0.1) is 0 Å². The average molecular weight is 295 g/mol. The van der Waals surface area contributed by atoms with E-state index in [1.54, 1.807) is 6.92 Å². The Kier molecular flexibility index (Phi) is 6.32. The van der Waals surface area contributed by atoms with Crippen LogP contribution in [0.25, 0.3) is 0 Å². The number of carbonyl (C=O) groups is 1. The summed E-state index contributed by atoms with van der Waals surface area (Å²) in [6.45, 7) is 2.06. The molecule has 4 N–H and O–H groups in total. The van der Waals surface area contributed by atoms with E-state index in [0.29, 0.717) is 18.8 Å². The zero-order valence-electron chi connectivity index (χ0n) is 11.7. The largest absolute Gasteiger partial charge is 0.507 e. The first-order valence-electron chi connectivity index (χ1n) is 6.41. The van der Waals surface area contributed by atoms with Crippen LogP contribution in [0.15, 0.2) is 28.2 Å². The molecule has 1 rings (SSSR count). The third kappa shape index (κ3) is 5.60. The van der Waals surface area contributed by atoms with E-state index in [1.165, 1.54) is 12.1 Å². The number of nitrogens with zero attached hydrogens (tertiary/aromatic N) is 2. The lowest BCUT2D eigenvalue weighted by Crippen LogP contribution is -2.18. The molecule has 0 amide bonds. The van der Waals surface area contributed by atoms with Gasteiger partial charge >= 0.3 is 5.97 Å². The quantitative estimate of drug-likeness (QED) is 0.403. The molecule has 0 saturated heterocycles. The zero-order chi connectivity index (χ0) is 15.8. The van der Waals surface area contributed by atoms with Crippen molar-refractivity contribution in [3.8, 4) is 5.75 Å². The van der Waals surface area contributed by atoms with Crippen molar-refractivity contribution in [3.05, 3.63) is 29.6 Å². The highest BCUT2D eigenvalue weighted by atomic mass is 19.1. The molecule has 0 bridgehead atoms. The predicted octanol–water partition coefficient (Wildman–Crippen LogP) is 1.56. The van der Waals surface area contributed by atoms with Crippen LogP contribution in [0.4, 0.5) is 4.39 Å². The molecule has 0 radical (unpaired) electrons. The minimum atomic E-state index is -1.12. The van der Waals surface area contributed by atoms with E-state index in [-0.39, 0.29) is 17.7 Å². The fourth-order valence-corrected chi connectivity index (χ4v) is 1.62. The average Bonchev–Trinajstić information content (AvgIpc) is 2.39. The molecule has 0 spiro atoms. The Morgan fingerprint density at radius 3 is 2.81 bits per heavy atom. The second kappa shape index (κ2) is 7.98. The van der Waals surface area contributed by atoms with Gasteiger partial charge in [0.1, 0.15) is 17.6 Å². The van der Waals surface area contributed by atoms with Crippen LogP contribution in [0.1, 0.15) is 25.3 Å². The Morgan fingerprint density at radius 2 is 2.24 bits per heavy atom. The molecule has 1 aromatic rings. The van der Waals surface area contributed by atoms with E-state index in [0.717, 1.165) is 12.3 Å². The Balaban J connectivity index is 2.72. The van der Waals surface area contributed by atoms with Gasteiger partial charge in [-0.2, -0.15) is 0 Å². The molecule has 0 aliphatic carbocycles. The number of phenolic OH excluding ortho intramolecular Hbond substituents is 1. The summed E-state index contributed by atoms with van der Waals surface area (Å²) in [6, 6.07) is 2.80. The van der Waals surface area contributed by atoms with E-state index in [9.17, 15) is 14.3 Å². The van der Waals surface area contributed by atoms with Crippen LogP contribution in [0, 0.1) is 5.82 Å². The molecule has 0 aliphatic rings. The van der Waals surface area contributed by atoms with Gasteiger partial charge in [0.05, 0.1) is 11.4 Å². The first kappa shape index (κ1) is 16.6. The number of phenols is 1. The van der Waals surface area contributed by atoms with Crippen molar-refractivity contribution in [2.45, 2.75) is 25.8 Å². The maximum atomic E-state index is 13.5. The van der Waals surface area contributed by atoms with Gasteiger partial charge in [-0.1, -0.05) is 6.07 Å². The summed E-state index contributed by atoms with van der Waals surface area (Å²) in [5, 5.41) is 18.6. The lowest BCUT2D eigenvalue weighted by atomic mass is 10.1. The molecular weight excluding hydrogens is 277 g/mol. The molecule has 0 aromatic heterocycles. The summed E-state index contributed by atoms with van der Waals surface area (Å²) >= 11 is 0. The number of benzene rings is 1. The minimum absolute atomic E-state index is 0.125. The molecule has 0 aliphatic heterocycles. The minimum Gasteiger partial charge on any atom is -0.507 e. The number of carboxylic acid groups (broad SMARTS) is 1. The topological polar surface area (TPSA) is 108 Å². The van der Waals surface area contributed by atoms with E-state index in [4.69, 9.17) is 10.8 Å². The number of aromatic hydroxyl groups is 1. The lowest BCUT2D eigenvalue weighted by Gasteiger charge is -2.07. The van der Waals surface area contributed by atoms with Gasteiger partial charge in [0.25, 0.3) is 0 Å². The van der Waals surface area contributed by atoms with Crippen LogP contribution < -0.4 is 5.73 Å². The van der Waals surface area contributed by atoms with Crippen LogP contribution in [-0.4, -0.2) is 40.8 Å². The van der Waals surface area contributed by atoms with Crippen molar-refractivity contribution in [1.82, 2.24) is 0 Å². The highest BCUT2D eigenvalue weighted by Gasteiger charge is 2.15. The Bertz CT molecular complexity index is 534. The molecule has 1 atom stereocenters. The van der Waals surface area contributed by atoms with Gasteiger partial charge in [-0.05, 0) is 31.9 Å². The summed E-state index contributed by atoms with van der Waals surface area (Å²) in [5.74, 6) is -1.63. The van der Waals surface area contributed by atoms with E-state index in [2.05, 4.69) is 9.98 Å². The number of hydrogen-bond donors (Lipinski definition) is 3. The number of aliphatic imine (C=N–C) groups is 2. The number of halogens is 1. The van der Waals surface area contributed by atoms with Gasteiger partial charge < -0.3 is 15.9 Å². The summed E-state index contributed by atoms with van der Waals surface area (Å²) in [4.78, 5) is 18.9.